The molecule has 1 aromatic carbocycles. The molecule has 20 heavy (non-hydrogen) atoms. The zero-order valence-electron chi connectivity index (χ0n) is 11.3. The Labute approximate surface area is 122 Å². The van der Waals surface area contributed by atoms with Crippen LogP contribution in [0.25, 0.3) is 0 Å². The standard InChI is InChI=1S/C13H19N5OS/c1-8-2-4-9(5-3-8)16-12(19)7-20-13-17-10(14)6-11(15)18-13/h2-5,10,13,17H,6-7,14H2,1H3,(H2,15,18)(H,16,19). The number of amides is 1. The quantitative estimate of drug-likeness (QED) is 0.650. The van der Waals surface area contributed by atoms with Crippen LogP contribution >= 0.6 is 11.8 Å². The van der Waals surface area contributed by atoms with E-state index in [4.69, 9.17) is 11.5 Å². The second-order valence-corrected chi connectivity index (χ2v) is 5.74. The van der Waals surface area contributed by atoms with Gasteiger partial charge in [-0.3, -0.25) is 10.1 Å². The molecule has 6 N–H and O–H groups in total. The lowest BCUT2D eigenvalue weighted by molar-refractivity contribution is -0.113. The second kappa shape index (κ2) is 6.74. The molecule has 0 fully saturated rings. The fourth-order valence-electron chi connectivity index (χ4n) is 1.78. The van der Waals surface area contributed by atoms with Crippen LogP contribution in [-0.2, 0) is 4.79 Å². The van der Waals surface area contributed by atoms with Crippen molar-refractivity contribution in [3.8, 4) is 0 Å². The average molecular weight is 293 g/mol. The molecular weight excluding hydrogens is 274 g/mol. The van der Waals surface area contributed by atoms with Gasteiger partial charge in [0.2, 0.25) is 5.91 Å². The number of thioether (sulfide) groups is 1. The number of nitrogens with zero attached hydrogens (tertiary/aromatic N) is 1. The molecule has 2 atom stereocenters. The summed E-state index contributed by atoms with van der Waals surface area (Å²) >= 11 is 1.36. The van der Waals surface area contributed by atoms with E-state index in [2.05, 4.69) is 15.6 Å². The van der Waals surface area contributed by atoms with Crippen LogP contribution < -0.4 is 22.1 Å². The van der Waals surface area contributed by atoms with Gasteiger partial charge >= 0.3 is 0 Å². The normalized spacial score (nSPS) is 22.2. The number of hydrogen-bond donors (Lipinski definition) is 4. The minimum atomic E-state index is -0.262. The van der Waals surface area contributed by atoms with E-state index in [-0.39, 0.29) is 23.3 Å². The third-order valence-corrected chi connectivity index (χ3v) is 3.76. The molecule has 1 aliphatic heterocycles. The Kier molecular flexibility index (Phi) is 4.99. The molecule has 2 rings (SSSR count). The lowest BCUT2D eigenvalue weighted by Gasteiger charge is -2.24. The Morgan fingerprint density at radius 3 is 2.85 bits per heavy atom. The van der Waals surface area contributed by atoms with Crippen molar-refractivity contribution < 1.29 is 4.79 Å². The van der Waals surface area contributed by atoms with Crippen LogP contribution in [0.2, 0.25) is 0 Å². The third kappa shape index (κ3) is 4.52. The molecule has 0 saturated heterocycles. The molecule has 0 aromatic heterocycles. The predicted octanol–water partition coefficient (Wildman–Crippen LogP) is 0.586. The third-order valence-electron chi connectivity index (χ3n) is 2.78. The lowest BCUT2D eigenvalue weighted by Crippen LogP contribution is -2.49. The van der Waals surface area contributed by atoms with Crippen molar-refractivity contribution in [2.75, 3.05) is 11.1 Å². The van der Waals surface area contributed by atoms with E-state index in [1.54, 1.807) is 0 Å². The summed E-state index contributed by atoms with van der Waals surface area (Å²) in [6, 6.07) is 7.66. The van der Waals surface area contributed by atoms with Crippen molar-refractivity contribution in [2.24, 2.45) is 16.5 Å². The Hall–Kier alpha value is -1.57. The maximum atomic E-state index is 11.8. The van der Waals surface area contributed by atoms with E-state index in [1.165, 1.54) is 11.8 Å². The molecule has 0 saturated carbocycles. The van der Waals surface area contributed by atoms with Crippen molar-refractivity contribution in [3.63, 3.8) is 0 Å². The molecule has 0 aliphatic carbocycles. The van der Waals surface area contributed by atoms with E-state index in [9.17, 15) is 4.79 Å². The first-order chi connectivity index (χ1) is 9.52. The van der Waals surface area contributed by atoms with Gasteiger partial charge in [-0.15, -0.1) is 11.8 Å². The monoisotopic (exact) mass is 293 g/mol. The summed E-state index contributed by atoms with van der Waals surface area (Å²) in [5, 5.41) is 5.90. The van der Waals surface area contributed by atoms with Crippen LogP contribution in [0.4, 0.5) is 5.69 Å². The number of carbonyl (C=O) groups excluding carboxylic acids is 1. The molecule has 1 heterocycles. The highest BCUT2D eigenvalue weighted by atomic mass is 32.2. The van der Waals surface area contributed by atoms with Gasteiger partial charge in [0, 0.05) is 12.1 Å². The summed E-state index contributed by atoms with van der Waals surface area (Å²) < 4.78 is 0. The summed E-state index contributed by atoms with van der Waals surface area (Å²) in [5.74, 6) is 0.732. The SMILES string of the molecule is Cc1ccc(NC(=O)CSC2N=C(N)CC(N)N2)cc1. The highest BCUT2D eigenvalue weighted by Gasteiger charge is 2.19. The molecule has 7 heteroatoms. The number of aliphatic imine (C=N–C) groups is 1. The van der Waals surface area contributed by atoms with Gasteiger partial charge in [-0.25, -0.2) is 4.99 Å². The van der Waals surface area contributed by atoms with Gasteiger partial charge in [-0.05, 0) is 19.1 Å². The lowest BCUT2D eigenvalue weighted by atomic mass is 10.2. The van der Waals surface area contributed by atoms with Crippen molar-refractivity contribution in [2.45, 2.75) is 25.0 Å². The van der Waals surface area contributed by atoms with Crippen LogP contribution in [0.1, 0.15) is 12.0 Å². The van der Waals surface area contributed by atoms with E-state index in [1.807, 2.05) is 31.2 Å². The highest BCUT2D eigenvalue weighted by Crippen LogP contribution is 2.15. The largest absolute Gasteiger partial charge is 0.387 e. The van der Waals surface area contributed by atoms with Gasteiger partial charge in [0.1, 0.15) is 0 Å². The fraction of sp³-hybridized carbons (Fsp3) is 0.385. The first-order valence-electron chi connectivity index (χ1n) is 6.35. The molecule has 108 valence electrons. The van der Waals surface area contributed by atoms with Crippen LogP contribution in [0, 0.1) is 6.92 Å². The van der Waals surface area contributed by atoms with Crippen molar-refractivity contribution >= 4 is 29.2 Å². The molecule has 1 aromatic rings. The first-order valence-corrected chi connectivity index (χ1v) is 7.40. The van der Waals surface area contributed by atoms with Gasteiger partial charge in [0.05, 0.1) is 17.8 Å². The molecule has 0 radical (unpaired) electrons. The van der Waals surface area contributed by atoms with Gasteiger partial charge in [-0.1, -0.05) is 17.7 Å². The van der Waals surface area contributed by atoms with Crippen LogP contribution in [0.3, 0.4) is 0 Å². The molecule has 1 amide bonds. The second-order valence-electron chi connectivity index (χ2n) is 4.68. The number of carbonyl (C=O) groups is 1. The Morgan fingerprint density at radius 1 is 1.50 bits per heavy atom. The Bertz CT molecular complexity index is 502. The van der Waals surface area contributed by atoms with Crippen LogP contribution in [-0.4, -0.2) is 29.2 Å². The van der Waals surface area contributed by atoms with Gasteiger partial charge < -0.3 is 16.8 Å². The number of hydrogen-bond acceptors (Lipinski definition) is 6. The fourth-order valence-corrected chi connectivity index (χ4v) is 2.64. The van der Waals surface area contributed by atoms with Gasteiger partial charge in [0.15, 0.2) is 5.50 Å². The van der Waals surface area contributed by atoms with Gasteiger partial charge in [0.25, 0.3) is 0 Å². The Balaban J connectivity index is 1.80. The zero-order valence-corrected chi connectivity index (χ0v) is 12.1. The average Bonchev–Trinajstić information content (AvgIpc) is 2.38. The van der Waals surface area contributed by atoms with E-state index < -0.39 is 0 Å². The van der Waals surface area contributed by atoms with Crippen molar-refractivity contribution in [3.05, 3.63) is 29.8 Å². The van der Waals surface area contributed by atoms with Crippen LogP contribution in [0.5, 0.6) is 0 Å². The number of anilines is 1. The molecule has 0 bridgehead atoms. The molecule has 6 nitrogen and oxygen atoms in total. The van der Waals surface area contributed by atoms with Gasteiger partial charge in [-0.2, -0.15) is 0 Å². The maximum absolute atomic E-state index is 11.8. The predicted molar refractivity (Wildman–Crippen MR) is 83.4 cm³/mol. The minimum Gasteiger partial charge on any atom is -0.387 e. The van der Waals surface area contributed by atoms with E-state index >= 15 is 0 Å². The van der Waals surface area contributed by atoms with E-state index in [0.29, 0.717) is 12.3 Å². The number of rotatable bonds is 4. The number of aryl methyl sites for hydroxylation is 1. The summed E-state index contributed by atoms with van der Waals surface area (Å²) in [4.78, 5) is 16.0. The van der Waals surface area contributed by atoms with Crippen molar-refractivity contribution in [1.29, 1.82) is 0 Å². The maximum Gasteiger partial charge on any atom is 0.234 e. The highest BCUT2D eigenvalue weighted by molar-refractivity contribution is 8.00. The van der Waals surface area contributed by atoms with Crippen molar-refractivity contribution in [1.82, 2.24) is 5.32 Å². The summed E-state index contributed by atoms with van der Waals surface area (Å²) in [6.45, 7) is 2.00. The smallest absolute Gasteiger partial charge is 0.234 e. The molecular formula is C13H19N5OS. The summed E-state index contributed by atoms with van der Waals surface area (Å²) in [5.41, 5.74) is 13.1. The number of benzene rings is 1. The summed E-state index contributed by atoms with van der Waals surface area (Å²) in [7, 11) is 0. The molecule has 1 aliphatic rings. The number of amidine groups is 1. The summed E-state index contributed by atoms with van der Waals surface area (Å²) in [6.07, 6.45) is 0.331. The number of nitrogens with one attached hydrogen (secondary N) is 2. The number of nitrogens with two attached hydrogens (primary N) is 2. The molecule has 2 unspecified atom stereocenters. The minimum absolute atomic E-state index is 0.0754. The zero-order chi connectivity index (χ0) is 14.5. The van der Waals surface area contributed by atoms with E-state index in [0.717, 1.165) is 11.3 Å². The first kappa shape index (κ1) is 14.8. The topological polar surface area (TPSA) is 106 Å². The Morgan fingerprint density at radius 2 is 2.20 bits per heavy atom. The molecule has 0 spiro atoms. The van der Waals surface area contributed by atoms with Crippen LogP contribution in [0.15, 0.2) is 29.3 Å².